The molecule has 0 fully saturated rings. The van der Waals surface area contributed by atoms with Crippen molar-refractivity contribution in [3.05, 3.63) is 41.7 Å². The van der Waals surface area contributed by atoms with Gasteiger partial charge in [-0.3, -0.25) is 4.90 Å². The fourth-order valence-corrected chi connectivity index (χ4v) is 2.91. The van der Waals surface area contributed by atoms with Gasteiger partial charge in [0, 0.05) is 6.54 Å². The third-order valence-corrected chi connectivity index (χ3v) is 4.77. The molecule has 0 spiro atoms. The number of nitrogens with zero attached hydrogens (tertiary/aromatic N) is 1. The van der Waals surface area contributed by atoms with Crippen molar-refractivity contribution < 1.29 is 12.8 Å². The first kappa shape index (κ1) is 16.9. The largest absolute Gasteiger partial charge is 0.297 e. The quantitative estimate of drug-likeness (QED) is 0.777. The zero-order valence-corrected chi connectivity index (χ0v) is 13.1. The van der Waals surface area contributed by atoms with E-state index in [2.05, 4.69) is 0 Å². The van der Waals surface area contributed by atoms with Crippen LogP contribution in [0.25, 0.3) is 0 Å². The van der Waals surface area contributed by atoms with Crippen molar-refractivity contribution >= 4 is 9.84 Å². The van der Waals surface area contributed by atoms with Crippen molar-refractivity contribution in [3.8, 4) is 0 Å². The maximum absolute atomic E-state index is 13.7. The van der Waals surface area contributed by atoms with Crippen LogP contribution in [0.3, 0.4) is 0 Å². The van der Waals surface area contributed by atoms with Gasteiger partial charge in [0.15, 0.2) is 9.84 Å². The van der Waals surface area contributed by atoms with Crippen LogP contribution in [0, 0.1) is 6.92 Å². The van der Waals surface area contributed by atoms with Crippen LogP contribution in [0.4, 0.5) is 4.39 Å². The first-order valence-corrected chi connectivity index (χ1v) is 8.40. The number of aryl methyl sites for hydroxylation is 1. The van der Waals surface area contributed by atoms with Gasteiger partial charge in [-0.25, -0.2) is 12.8 Å². The van der Waals surface area contributed by atoms with Crippen molar-refractivity contribution in [2.75, 3.05) is 25.4 Å². The van der Waals surface area contributed by atoms with Gasteiger partial charge in [0.05, 0.1) is 10.6 Å². The molecule has 0 aliphatic heterocycles. The maximum atomic E-state index is 13.7. The number of hydrogen-bond donors (Lipinski definition) is 0. The Labute approximate surface area is 121 Å². The second kappa shape index (κ2) is 7.55. The highest BCUT2D eigenvalue weighted by atomic mass is 32.2. The Hall–Kier alpha value is -1.20. The summed E-state index contributed by atoms with van der Waals surface area (Å²) in [7, 11) is -3.46. The molecule has 3 nitrogen and oxygen atoms in total. The average molecular weight is 299 g/mol. The normalized spacial score (nSPS) is 12.9. The SMILES string of the molecule is CCN(CC)C/C(F)=C/CS(=O)(=O)c1ccc(C)cc1. The minimum absolute atomic E-state index is 0.163. The average Bonchev–Trinajstić information content (AvgIpc) is 2.43. The highest BCUT2D eigenvalue weighted by Gasteiger charge is 2.13. The van der Waals surface area contributed by atoms with Gasteiger partial charge in [-0.05, 0) is 38.2 Å². The molecule has 0 saturated carbocycles. The smallest absolute Gasteiger partial charge is 0.182 e. The Kier molecular flexibility index (Phi) is 6.36. The van der Waals surface area contributed by atoms with E-state index >= 15 is 0 Å². The summed E-state index contributed by atoms with van der Waals surface area (Å²) < 4.78 is 37.8. The molecule has 0 radical (unpaired) electrons. The first-order valence-electron chi connectivity index (χ1n) is 6.75. The molecule has 0 N–H and O–H groups in total. The zero-order valence-electron chi connectivity index (χ0n) is 12.3. The van der Waals surface area contributed by atoms with Crippen LogP contribution in [0.5, 0.6) is 0 Å². The highest BCUT2D eigenvalue weighted by Crippen LogP contribution is 2.13. The Morgan fingerprint density at radius 1 is 1.20 bits per heavy atom. The topological polar surface area (TPSA) is 37.4 Å². The van der Waals surface area contributed by atoms with Gasteiger partial charge >= 0.3 is 0 Å². The van der Waals surface area contributed by atoms with E-state index in [1.54, 1.807) is 24.3 Å². The van der Waals surface area contributed by atoms with Gasteiger partial charge in [0.2, 0.25) is 0 Å². The fraction of sp³-hybridized carbons (Fsp3) is 0.467. The molecule has 0 atom stereocenters. The van der Waals surface area contributed by atoms with Gasteiger partial charge in [-0.2, -0.15) is 0 Å². The third-order valence-electron chi connectivity index (χ3n) is 3.17. The van der Waals surface area contributed by atoms with Crippen LogP contribution in [-0.2, 0) is 9.84 Å². The van der Waals surface area contributed by atoms with E-state index in [1.807, 2.05) is 25.7 Å². The van der Waals surface area contributed by atoms with Crippen LogP contribution in [0.2, 0.25) is 0 Å². The van der Waals surface area contributed by atoms with Crippen molar-refractivity contribution in [1.29, 1.82) is 0 Å². The number of rotatable bonds is 7. The maximum Gasteiger partial charge on any atom is 0.182 e. The van der Waals surface area contributed by atoms with Crippen molar-refractivity contribution in [1.82, 2.24) is 4.90 Å². The molecule has 0 aliphatic rings. The molecule has 1 aromatic rings. The molecular formula is C15H22FNO2S. The highest BCUT2D eigenvalue weighted by molar-refractivity contribution is 7.91. The molecule has 0 saturated heterocycles. The van der Waals surface area contributed by atoms with E-state index in [0.717, 1.165) is 24.7 Å². The lowest BCUT2D eigenvalue weighted by Crippen LogP contribution is -2.24. The minimum atomic E-state index is -3.46. The third kappa shape index (κ3) is 5.06. The molecule has 0 heterocycles. The van der Waals surface area contributed by atoms with Crippen molar-refractivity contribution in [3.63, 3.8) is 0 Å². The van der Waals surface area contributed by atoms with Crippen LogP contribution in [-0.4, -0.2) is 38.7 Å². The second-order valence-electron chi connectivity index (χ2n) is 4.71. The fourth-order valence-electron chi connectivity index (χ4n) is 1.77. The zero-order chi connectivity index (χ0) is 15.2. The Balaban J connectivity index is 2.74. The molecular weight excluding hydrogens is 277 g/mol. The summed E-state index contributed by atoms with van der Waals surface area (Å²) in [6.07, 6.45) is 1.16. The van der Waals surface area contributed by atoms with Gasteiger partial charge in [-0.15, -0.1) is 0 Å². The lowest BCUT2D eigenvalue weighted by atomic mass is 10.2. The summed E-state index contributed by atoms with van der Waals surface area (Å²) in [5.74, 6) is -0.701. The molecule has 0 aromatic heterocycles. The van der Waals surface area contributed by atoms with Crippen LogP contribution in [0.1, 0.15) is 19.4 Å². The summed E-state index contributed by atoms with van der Waals surface area (Å²) in [6.45, 7) is 7.42. The van der Waals surface area contributed by atoms with E-state index in [-0.39, 0.29) is 17.2 Å². The number of benzene rings is 1. The predicted octanol–water partition coefficient (Wildman–Crippen LogP) is 2.96. The number of hydrogen-bond acceptors (Lipinski definition) is 3. The summed E-state index contributed by atoms with van der Waals surface area (Å²) in [5.41, 5.74) is 0.993. The molecule has 0 amide bonds. The van der Waals surface area contributed by atoms with Crippen LogP contribution >= 0.6 is 0 Å². The molecule has 0 aliphatic carbocycles. The minimum Gasteiger partial charge on any atom is -0.297 e. The van der Waals surface area contributed by atoms with Crippen LogP contribution < -0.4 is 0 Å². The van der Waals surface area contributed by atoms with E-state index in [0.29, 0.717) is 0 Å². The van der Waals surface area contributed by atoms with E-state index < -0.39 is 15.7 Å². The van der Waals surface area contributed by atoms with Gasteiger partial charge in [0.1, 0.15) is 5.83 Å². The Bertz CT molecular complexity index is 546. The van der Waals surface area contributed by atoms with E-state index in [1.165, 1.54) is 0 Å². The molecule has 0 unspecified atom stereocenters. The summed E-state index contributed by atoms with van der Waals surface area (Å²) in [6, 6.07) is 6.59. The molecule has 112 valence electrons. The van der Waals surface area contributed by atoms with E-state index in [9.17, 15) is 12.8 Å². The molecule has 5 heteroatoms. The van der Waals surface area contributed by atoms with Crippen molar-refractivity contribution in [2.24, 2.45) is 0 Å². The summed E-state index contributed by atoms with van der Waals surface area (Å²) >= 11 is 0. The van der Waals surface area contributed by atoms with Gasteiger partial charge < -0.3 is 0 Å². The van der Waals surface area contributed by atoms with Gasteiger partial charge in [0.25, 0.3) is 0 Å². The summed E-state index contributed by atoms with van der Waals surface area (Å²) in [4.78, 5) is 2.12. The second-order valence-corrected chi connectivity index (χ2v) is 6.74. The lowest BCUT2D eigenvalue weighted by molar-refractivity contribution is 0.306. The number of likely N-dealkylation sites (N-methyl/N-ethyl adjacent to an activating group) is 1. The molecule has 1 rings (SSSR count). The summed E-state index contributed by atoms with van der Waals surface area (Å²) in [5, 5.41) is 0. The molecule has 0 bridgehead atoms. The Morgan fingerprint density at radius 3 is 2.25 bits per heavy atom. The lowest BCUT2D eigenvalue weighted by Gasteiger charge is -2.16. The van der Waals surface area contributed by atoms with Crippen LogP contribution in [0.15, 0.2) is 41.1 Å². The first-order chi connectivity index (χ1) is 9.39. The number of halogens is 1. The standard InChI is InChI=1S/C15H22FNO2S/c1-4-17(5-2)12-14(16)10-11-20(18,19)15-8-6-13(3)7-9-15/h6-10H,4-5,11-12H2,1-3H3/b14-10-. The molecule has 1 aromatic carbocycles. The predicted molar refractivity (Wildman–Crippen MR) is 80.2 cm³/mol. The Morgan fingerprint density at radius 2 is 1.75 bits per heavy atom. The van der Waals surface area contributed by atoms with Crippen molar-refractivity contribution in [2.45, 2.75) is 25.7 Å². The number of sulfone groups is 1. The monoisotopic (exact) mass is 299 g/mol. The van der Waals surface area contributed by atoms with E-state index in [4.69, 9.17) is 0 Å². The molecule has 20 heavy (non-hydrogen) atoms. The van der Waals surface area contributed by atoms with Gasteiger partial charge in [-0.1, -0.05) is 31.5 Å².